The molecular weight excluding hydrogens is 164 g/mol. The van der Waals surface area contributed by atoms with Crippen molar-refractivity contribution in [2.75, 3.05) is 0 Å². The molecule has 0 aliphatic carbocycles. The van der Waals surface area contributed by atoms with Crippen LogP contribution in [0.2, 0.25) is 0 Å². The zero-order valence-corrected chi connectivity index (χ0v) is 6.90. The predicted octanol–water partition coefficient (Wildman–Crippen LogP) is 1.89. The lowest BCUT2D eigenvalue weighted by atomic mass is 10.1. The number of hydrogen-bond acceptors (Lipinski definition) is 2. The Morgan fingerprint density at radius 2 is 2.00 bits per heavy atom. The molecule has 1 heterocycles. The van der Waals surface area contributed by atoms with Crippen molar-refractivity contribution in [3.8, 4) is 11.4 Å². The summed E-state index contributed by atoms with van der Waals surface area (Å²) in [6.07, 6.45) is 4.29. The number of carbonyl (C=O) groups is 1. The molecule has 3 nitrogen and oxygen atoms in total. The Kier molecular flexibility index (Phi) is 1.92. The highest BCUT2D eigenvalue weighted by Gasteiger charge is 1.98. The highest BCUT2D eigenvalue weighted by molar-refractivity contribution is 5.76. The van der Waals surface area contributed by atoms with Gasteiger partial charge in [0.05, 0.1) is 0 Å². The number of aldehydes is 1. The highest BCUT2D eigenvalue weighted by atomic mass is 16.1. The summed E-state index contributed by atoms with van der Waals surface area (Å²) < 4.78 is 0. The van der Waals surface area contributed by atoms with Crippen LogP contribution in [0.5, 0.6) is 0 Å². The van der Waals surface area contributed by atoms with Crippen LogP contribution in [0.4, 0.5) is 0 Å². The van der Waals surface area contributed by atoms with Gasteiger partial charge in [0.15, 0.2) is 0 Å². The molecule has 0 radical (unpaired) electrons. The van der Waals surface area contributed by atoms with Gasteiger partial charge in [-0.05, 0) is 0 Å². The number of hydrogen-bond donors (Lipinski definition) is 1. The van der Waals surface area contributed by atoms with Crippen LogP contribution in [0, 0.1) is 0 Å². The molecule has 64 valence electrons. The summed E-state index contributed by atoms with van der Waals surface area (Å²) in [5, 5.41) is 0. The Bertz CT molecular complexity index is 389. The molecule has 3 heteroatoms. The first kappa shape index (κ1) is 7.73. The minimum absolute atomic E-state index is 0.676. The molecular formula is C10H8N2O. The van der Waals surface area contributed by atoms with Crippen molar-refractivity contribution in [1.29, 1.82) is 0 Å². The molecule has 0 atom stereocenters. The van der Waals surface area contributed by atoms with Gasteiger partial charge in [0.2, 0.25) is 0 Å². The number of nitrogens with zero attached hydrogens (tertiary/aromatic N) is 1. The number of aromatic amines is 1. The summed E-state index contributed by atoms with van der Waals surface area (Å²) >= 11 is 0. The lowest BCUT2D eigenvalue weighted by Crippen LogP contribution is -1.82. The molecule has 0 aliphatic heterocycles. The molecule has 0 amide bonds. The minimum Gasteiger partial charge on any atom is -0.345 e. The maximum atomic E-state index is 10.4. The first-order chi connectivity index (χ1) is 6.40. The van der Waals surface area contributed by atoms with E-state index >= 15 is 0 Å². The molecule has 0 aliphatic rings. The largest absolute Gasteiger partial charge is 0.345 e. The molecule has 2 rings (SSSR count). The summed E-state index contributed by atoms with van der Waals surface area (Å²) in [5.41, 5.74) is 1.66. The first-order valence-corrected chi connectivity index (χ1v) is 3.95. The second-order valence-corrected chi connectivity index (χ2v) is 2.68. The van der Waals surface area contributed by atoms with Crippen LogP contribution >= 0.6 is 0 Å². The molecule has 1 N–H and O–H groups in total. The van der Waals surface area contributed by atoms with Gasteiger partial charge in [-0.2, -0.15) is 0 Å². The van der Waals surface area contributed by atoms with Gasteiger partial charge in [0.25, 0.3) is 0 Å². The number of aromatic nitrogens is 2. The van der Waals surface area contributed by atoms with E-state index in [0.29, 0.717) is 5.56 Å². The van der Waals surface area contributed by atoms with E-state index in [0.717, 1.165) is 17.7 Å². The summed E-state index contributed by atoms with van der Waals surface area (Å²) in [4.78, 5) is 17.5. The molecule has 0 spiro atoms. The van der Waals surface area contributed by atoms with Crippen molar-refractivity contribution >= 4 is 6.29 Å². The molecule has 1 aromatic heterocycles. The predicted molar refractivity (Wildman–Crippen MR) is 49.4 cm³/mol. The van der Waals surface area contributed by atoms with Crippen LogP contribution in [0.1, 0.15) is 10.4 Å². The summed E-state index contributed by atoms with van der Waals surface area (Å²) in [6, 6.07) is 7.26. The third-order valence-corrected chi connectivity index (χ3v) is 1.82. The van der Waals surface area contributed by atoms with Gasteiger partial charge in [-0.3, -0.25) is 4.79 Å². The lowest BCUT2D eigenvalue weighted by molar-refractivity contribution is 0.112. The van der Waals surface area contributed by atoms with Crippen LogP contribution in [0.25, 0.3) is 11.4 Å². The fourth-order valence-corrected chi connectivity index (χ4v) is 1.14. The van der Waals surface area contributed by atoms with Gasteiger partial charge in [0, 0.05) is 23.5 Å². The first-order valence-electron chi connectivity index (χ1n) is 3.95. The standard InChI is InChI=1S/C10H8N2O/c13-7-8-1-3-9(4-2-8)10-11-5-6-12-10/h1-7H,(H,11,12). The van der Waals surface area contributed by atoms with Crippen LogP contribution < -0.4 is 0 Å². The molecule has 0 unspecified atom stereocenters. The fraction of sp³-hybridized carbons (Fsp3) is 0. The Labute approximate surface area is 75.4 Å². The number of imidazole rings is 1. The van der Waals surface area contributed by atoms with Gasteiger partial charge < -0.3 is 4.98 Å². The third-order valence-electron chi connectivity index (χ3n) is 1.82. The third kappa shape index (κ3) is 1.49. The number of carbonyl (C=O) groups excluding carboxylic acids is 1. The number of H-pyrrole nitrogens is 1. The number of rotatable bonds is 2. The zero-order chi connectivity index (χ0) is 9.10. The number of benzene rings is 1. The molecule has 0 saturated carbocycles. The van der Waals surface area contributed by atoms with E-state index in [1.54, 1.807) is 24.5 Å². The monoisotopic (exact) mass is 172 g/mol. The second kappa shape index (κ2) is 3.23. The Morgan fingerprint density at radius 3 is 2.54 bits per heavy atom. The second-order valence-electron chi connectivity index (χ2n) is 2.68. The van der Waals surface area contributed by atoms with E-state index in [2.05, 4.69) is 9.97 Å². The molecule has 1 aromatic carbocycles. The van der Waals surface area contributed by atoms with E-state index in [4.69, 9.17) is 0 Å². The normalized spacial score (nSPS) is 9.85. The Morgan fingerprint density at radius 1 is 1.23 bits per heavy atom. The topological polar surface area (TPSA) is 45.8 Å². The van der Waals surface area contributed by atoms with Crippen molar-refractivity contribution in [1.82, 2.24) is 9.97 Å². The van der Waals surface area contributed by atoms with E-state index in [9.17, 15) is 4.79 Å². The smallest absolute Gasteiger partial charge is 0.150 e. The van der Waals surface area contributed by atoms with Gasteiger partial charge in [0.1, 0.15) is 12.1 Å². The molecule has 0 bridgehead atoms. The SMILES string of the molecule is O=Cc1ccc(-c2ncc[nH]2)cc1. The van der Waals surface area contributed by atoms with Crippen molar-refractivity contribution in [3.63, 3.8) is 0 Å². The molecule has 13 heavy (non-hydrogen) atoms. The van der Waals surface area contributed by atoms with Crippen molar-refractivity contribution in [3.05, 3.63) is 42.2 Å². The van der Waals surface area contributed by atoms with E-state index in [1.807, 2.05) is 12.1 Å². The van der Waals surface area contributed by atoms with Crippen LogP contribution in [-0.2, 0) is 0 Å². The Hall–Kier alpha value is -1.90. The quantitative estimate of drug-likeness (QED) is 0.703. The average molecular weight is 172 g/mol. The van der Waals surface area contributed by atoms with Crippen LogP contribution in [-0.4, -0.2) is 16.3 Å². The van der Waals surface area contributed by atoms with Gasteiger partial charge >= 0.3 is 0 Å². The summed E-state index contributed by atoms with van der Waals surface area (Å²) in [7, 11) is 0. The fourth-order valence-electron chi connectivity index (χ4n) is 1.14. The van der Waals surface area contributed by atoms with Gasteiger partial charge in [-0.1, -0.05) is 24.3 Å². The minimum atomic E-state index is 0.676. The number of nitrogens with one attached hydrogen (secondary N) is 1. The molecule has 0 saturated heterocycles. The Balaban J connectivity index is 2.38. The highest BCUT2D eigenvalue weighted by Crippen LogP contribution is 2.13. The maximum Gasteiger partial charge on any atom is 0.150 e. The zero-order valence-electron chi connectivity index (χ0n) is 6.90. The van der Waals surface area contributed by atoms with Crippen LogP contribution in [0.3, 0.4) is 0 Å². The molecule has 2 aromatic rings. The lowest BCUT2D eigenvalue weighted by Gasteiger charge is -1.95. The summed E-state index contributed by atoms with van der Waals surface area (Å²) in [6.45, 7) is 0. The van der Waals surface area contributed by atoms with Gasteiger partial charge in [-0.15, -0.1) is 0 Å². The van der Waals surface area contributed by atoms with Crippen molar-refractivity contribution in [2.24, 2.45) is 0 Å². The van der Waals surface area contributed by atoms with E-state index in [1.165, 1.54) is 0 Å². The van der Waals surface area contributed by atoms with Crippen LogP contribution in [0.15, 0.2) is 36.7 Å². The average Bonchev–Trinajstić information content (AvgIpc) is 2.71. The maximum absolute atomic E-state index is 10.4. The van der Waals surface area contributed by atoms with Crippen molar-refractivity contribution < 1.29 is 4.79 Å². The van der Waals surface area contributed by atoms with E-state index in [-0.39, 0.29) is 0 Å². The van der Waals surface area contributed by atoms with Crippen molar-refractivity contribution in [2.45, 2.75) is 0 Å². The summed E-state index contributed by atoms with van der Waals surface area (Å²) in [5.74, 6) is 0.817. The van der Waals surface area contributed by atoms with E-state index < -0.39 is 0 Å². The molecule has 0 fully saturated rings. The van der Waals surface area contributed by atoms with Gasteiger partial charge in [-0.25, -0.2) is 4.98 Å².